The Morgan fingerprint density at radius 3 is 2.55 bits per heavy atom. The van der Waals surface area contributed by atoms with Crippen LogP contribution in [0.25, 0.3) is 11.1 Å². The fourth-order valence-electron chi connectivity index (χ4n) is 3.05. The standard InChI is InChI=1S/C16H24N2O2/c1-4-6-11(7-5-2)15(17-3)12-8-9-13-14(10-12)20-16(19)18-13/h8-11,15,17H,4-7H2,1-3H3,(H,18,19). The fraction of sp³-hybridized carbons (Fsp3) is 0.562. The second-order valence-electron chi connectivity index (χ2n) is 5.37. The van der Waals surface area contributed by atoms with Gasteiger partial charge in [-0.15, -0.1) is 0 Å². The number of oxazole rings is 1. The largest absolute Gasteiger partial charge is 0.417 e. The molecule has 0 radical (unpaired) electrons. The van der Waals surface area contributed by atoms with Crippen molar-refractivity contribution in [1.29, 1.82) is 0 Å². The Bertz CT molecular complexity index is 594. The normalized spacial score (nSPS) is 13.2. The van der Waals surface area contributed by atoms with Gasteiger partial charge < -0.3 is 9.73 Å². The van der Waals surface area contributed by atoms with Gasteiger partial charge in [0, 0.05) is 6.04 Å². The van der Waals surface area contributed by atoms with E-state index in [0.717, 1.165) is 5.52 Å². The van der Waals surface area contributed by atoms with Crippen LogP contribution < -0.4 is 11.1 Å². The van der Waals surface area contributed by atoms with Crippen molar-refractivity contribution in [2.75, 3.05) is 7.05 Å². The second kappa shape index (κ2) is 6.75. The number of benzene rings is 1. The van der Waals surface area contributed by atoms with E-state index in [1.54, 1.807) is 0 Å². The predicted molar refractivity (Wildman–Crippen MR) is 81.9 cm³/mol. The third kappa shape index (κ3) is 3.12. The van der Waals surface area contributed by atoms with Gasteiger partial charge in [0.15, 0.2) is 5.58 Å². The Morgan fingerprint density at radius 1 is 1.25 bits per heavy atom. The van der Waals surface area contributed by atoms with Crippen molar-refractivity contribution in [3.05, 3.63) is 34.3 Å². The highest BCUT2D eigenvalue weighted by molar-refractivity contribution is 5.72. The molecule has 0 fully saturated rings. The molecule has 1 aromatic heterocycles. The highest BCUT2D eigenvalue weighted by Gasteiger charge is 2.21. The van der Waals surface area contributed by atoms with Gasteiger partial charge in [0.2, 0.25) is 0 Å². The molecule has 1 atom stereocenters. The maximum atomic E-state index is 11.2. The van der Waals surface area contributed by atoms with Gasteiger partial charge in [0.05, 0.1) is 5.52 Å². The number of H-pyrrole nitrogens is 1. The van der Waals surface area contributed by atoms with E-state index in [0.29, 0.717) is 17.5 Å². The lowest BCUT2D eigenvalue weighted by molar-refractivity contribution is 0.331. The van der Waals surface area contributed by atoms with Gasteiger partial charge in [0.25, 0.3) is 0 Å². The molecule has 1 aromatic carbocycles. The number of hydrogen-bond acceptors (Lipinski definition) is 3. The summed E-state index contributed by atoms with van der Waals surface area (Å²) in [5, 5.41) is 3.43. The van der Waals surface area contributed by atoms with Crippen LogP contribution in [-0.2, 0) is 0 Å². The van der Waals surface area contributed by atoms with E-state index in [4.69, 9.17) is 4.42 Å². The summed E-state index contributed by atoms with van der Waals surface area (Å²) >= 11 is 0. The van der Waals surface area contributed by atoms with Crippen LogP contribution >= 0.6 is 0 Å². The van der Waals surface area contributed by atoms with Gasteiger partial charge in [-0.05, 0) is 43.5 Å². The van der Waals surface area contributed by atoms with Crippen molar-refractivity contribution in [2.24, 2.45) is 5.92 Å². The van der Waals surface area contributed by atoms with Crippen LogP contribution in [0.3, 0.4) is 0 Å². The Morgan fingerprint density at radius 2 is 1.95 bits per heavy atom. The van der Waals surface area contributed by atoms with E-state index in [-0.39, 0.29) is 0 Å². The summed E-state index contributed by atoms with van der Waals surface area (Å²) in [4.78, 5) is 13.9. The number of fused-ring (bicyclic) bond motifs is 1. The molecule has 0 aliphatic carbocycles. The smallest absolute Gasteiger partial charge is 0.408 e. The van der Waals surface area contributed by atoms with Crippen molar-refractivity contribution in [3.8, 4) is 0 Å². The maximum Gasteiger partial charge on any atom is 0.417 e. The second-order valence-corrected chi connectivity index (χ2v) is 5.37. The molecule has 20 heavy (non-hydrogen) atoms. The van der Waals surface area contributed by atoms with Gasteiger partial charge in [-0.25, -0.2) is 4.79 Å². The quantitative estimate of drug-likeness (QED) is 0.812. The van der Waals surface area contributed by atoms with E-state index in [1.807, 2.05) is 19.2 Å². The van der Waals surface area contributed by atoms with Crippen LogP contribution in [0.15, 0.2) is 27.4 Å². The average molecular weight is 276 g/mol. The lowest BCUT2D eigenvalue weighted by Gasteiger charge is -2.27. The topological polar surface area (TPSA) is 58.0 Å². The minimum Gasteiger partial charge on any atom is -0.408 e. The molecule has 2 aromatic rings. The van der Waals surface area contributed by atoms with E-state index in [9.17, 15) is 4.79 Å². The first-order valence-corrected chi connectivity index (χ1v) is 7.49. The molecule has 2 N–H and O–H groups in total. The number of aromatic amines is 1. The Labute approximate surface area is 119 Å². The Kier molecular flexibility index (Phi) is 5.01. The van der Waals surface area contributed by atoms with Crippen LogP contribution in [0.5, 0.6) is 0 Å². The highest BCUT2D eigenvalue weighted by Crippen LogP contribution is 2.30. The maximum absolute atomic E-state index is 11.2. The molecule has 0 amide bonds. The Hall–Kier alpha value is -1.55. The molecule has 1 unspecified atom stereocenters. The molecular weight excluding hydrogens is 252 g/mol. The van der Waals surface area contributed by atoms with Crippen molar-refractivity contribution in [2.45, 2.75) is 45.6 Å². The lowest BCUT2D eigenvalue weighted by atomic mass is 9.86. The first kappa shape index (κ1) is 14.9. The monoisotopic (exact) mass is 276 g/mol. The molecule has 4 heteroatoms. The molecule has 0 spiro atoms. The van der Waals surface area contributed by atoms with Crippen molar-refractivity contribution in [3.63, 3.8) is 0 Å². The molecule has 2 rings (SSSR count). The minimum absolute atomic E-state index is 0.305. The molecule has 0 saturated heterocycles. The SMILES string of the molecule is CCCC(CCC)C(NC)c1ccc2[nH]c(=O)oc2c1. The molecule has 0 bridgehead atoms. The van der Waals surface area contributed by atoms with Crippen LogP contribution in [0.4, 0.5) is 0 Å². The third-order valence-electron chi connectivity index (χ3n) is 3.91. The van der Waals surface area contributed by atoms with Gasteiger partial charge in [-0.3, -0.25) is 4.98 Å². The molecule has 4 nitrogen and oxygen atoms in total. The minimum atomic E-state index is -0.392. The van der Waals surface area contributed by atoms with Crippen LogP contribution in [0.2, 0.25) is 0 Å². The zero-order valence-corrected chi connectivity index (χ0v) is 12.5. The van der Waals surface area contributed by atoms with Crippen molar-refractivity contribution >= 4 is 11.1 Å². The van der Waals surface area contributed by atoms with Gasteiger partial charge in [-0.2, -0.15) is 0 Å². The van der Waals surface area contributed by atoms with E-state index in [1.165, 1.54) is 31.2 Å². The summed E-state index contributed by atoms with van der Waals surface area (Å²) in [5.74, 6) is 0.218. The molecule has 0 saturated carbocycles. The van der Waals surface area contributed by atoms with Crippen LogP contribution in [-0.4, -0.2) is 12.0 Å². The zero-order valence-electron chi connectivity index (χ0n) is 12.5. The van der Waals surface area contributed by atoms with Gasteiger partial charge in [0.1, 0.15) is 0 Å². The van der Waals surface area contributed by atoms with E-state index in [2.05, 4.69) is 30.2 Å². The summed E-state index contributed by atoms with van der Waals surface area (Å²) in [6, 6.07) is 6.29. The Balaban J connectivity index is 2.33. The fourth-order valence-corrected chi connectivity index (χ4v) is 3.05. The van der Waals surface area contributed by atoms with Crippen molar-refractivity contribution in [1.82, 2.24) is 10.3 Å². The van der Waals surface area contributed by atoms with Gasteiger partial charge in [-0.1, -0.05) is 32.8 Å². The summed E-state index contributed by atoms with van der Waals surface area (Å²) < 4.78 is 5.16. The van der Waals surface area contributed by atoms with Crippen LogP contribution in [0.1, 0.15) is 51.1 Å². The van der Waals surface area contributed by atoms with Crippen LogP contribution in [0, 0.1) is 5.92 Å². The number of nitrogens with one attached hydrogen (secondary N) is 2. The number of rotatable bonds is 7. The summed E-state index contributed by atoms with van der Waals surface area (Å²) in [5.41, 5.74) is 2.59. The molecule has 110 valence electrons. The number of hydrogen-bond donors (Lipinski definition) is 2. The molecular formula is C16H24N2O2. The van der Waals surface area contributed by atoms with Gasteiger partial charge >= 0.3 is 5.76 Å². The number of aromatic nitrogens is 1. The summed E-state index contributed by atoms with van der Waals surface area (Å²) in [7, 11) is 2.00. The third-order valence-corrected chi connectivity index (χ3v) is 3.91. The summed E-state index contributed by atoms with van der Waals surface area (Å²) in [6.45, 7) is 4.45. The first-order chi connectivity index (χ1) is 9.69. The van der Waals surface area contributed by atoms with Crippen molar-refractivity contribution < 1.29 is 4.42 Å². The molecule has 1 heterocycles. The zero-order chi connectivity index (χ0) is 14.5. The average Bonchev–Trinajstić information content (AvgIpc) is 2.79. The van der Waals surface area contributed by atoms with E-state index >= 15 is 0 Å². The molecule has 0 aliphatic heterocycles. The lowest BCUT2D eigenvalue weighted by Crippen LogP contribution is -2.25. The molecule has 0 aliphatic rings. The van der Waals surface area contributed by atoms with E-state index < -0.39 is 5.76 Å². The first-order valence-electron chi connectivity index (χ1n) is 7.49. The highest BCUT2D eigenvalue weighted by atomic mass is 16.4. The predicted octanol–water partition coefficient (Wildman–Crippen LogP) is 3.60. The summed E-state index contributed by atoms with van der Waals surface area (Å²) in [6.07, 6.45) is 4.78.